The largest absolute Gasteiger partial charge is 0.508 e. The van der Waals surface area contributed by atoms with Crippen molar-refractivity contribution in [2.45, 2.75) is 13.3 Å². The minimum Gasteiger partial charge on any atom is -0.508 e. The maximum absolute atomic E-state index is 11.5. The zero-order valence-corrected chi connectivity index (χ0v) is 13.5. The van der Waals surface area contributed by atoms with Gasteiger partial charge in [0.25, 0.3) is 0 Å². The van der Waals surface area contributed by atoms with Crippen molar-refractivity contribution in [1.29, 1.82) is 0 Å². The Hall–Kier alpha value is -2.75. The van der Waals surface area contributed by atoms with Crippen LogP contribution in [-0.4, -0.2) is 22.8 Å². The average molecular weight is 309 g/mol. The summed E-state index contributed by atoms with van der Waals surface area (Å²) in [7, 11) is 3.37. The molecule has 0 aliphatic rings. The molecule has 0 bridgehead atoms. The van der Waals surface area contributed by atoms with Crippen molar-refractivity contribution < 1.29 is 14.6 Å². The van der Waals surface area contributed by atoms with Crippen LogP contribution < -0.4 is 0 Å². The molecule has 2 aromatic carbocycles. The molecule has 0 radical (unpaired) electrons. The maximum Gasteiger partial charge on any atom is 0.310 e. The van der Waals surface area contributed by atoms with Gasteiger partial charge in [-0.25, -0.2) is 0 Å². The molecule has 0 amide bonds. The number of benzene rings is 2. The molecule has 1 N–H and O–H groups in total. The number of aromatic hydroxyl groups is 1. The summed E-state index contributed by atoms with van der Waals surface area (Å²) in [5, 5.41) is 10.6. The number of methoxy groups -OCH3 is 1. The Morgan fingerprint density at radius 2 is 2.00 bits per heavy atom. The molecule has 0 aliphatic carbocycles. The first-order chi connectivity index (χ1) is 11.0. The highest BCUT2D eigenvalue weighted by Gasteiger charge is 2.12. The third-order valence-corrected chi connectivity index (χ3v) is 4.16. The van der Waals surface area contributed by atoms with E-state index in [1.54, 1.807) is 12.1 Å². The molecule has 0 saturated carbocycles. The molecule has 0 spiro atoms. The van der Waals surface area contributed by atoms with Gasteiger partial charge in [0.15, 0.2) is 0 Å². The van der Waals surface area contributed by atoms with Crippen LogP contribution in [0, 0.1) is 6.92 Å². The van der Waals surface area contributed by atoms with E-state index in [-0.39, 0.29) is 18.1 Å². The van der Waals surface area contributed by atoms with Crippen molar-refractivity contribution >= 4 is 16.9 Å². The highest BCUT2D eigenvalue weighted by molar-refractivity contribution is 5.91. The van der Waals surface area contributed by atoms with Crippen molar-refractivity contribution in [2.24, 2.45) is 7.05 Å². The normalized spacial score (nSPS) is 10.9. The number of esters is 1. The van der Waals surface area contributed by atoms with Crippen molar-refractivity contribution in [3.63, 3.8) is 0 Å². The van der Waals surface area contributed by atoms with E-state index in [1.165, 1.54) is 7.11 Å². The Labute approximate surface area is 134 Å². The Balaban J connectivity index is 2.09. The zero-order chi connectivity index (χ0) is 16.6. The number of carbonyl (C=O) groups is 1. The molecule has 4 heteroatoms. The molecule has 3 rings (SSSR count). The number of fused-ring (bicyclic) bond motifs is 1. The zero-order valence-electron chi connectivity index (χ0n) is 13.5. The van der Waals surface area contributed by atoms with Gasteiger partial charge in [-0.1, -0.05) is 18.2 Å². The number of hydrogen-bond donors (Lipinski definition) is 1. The minimum absolute atomic E-state index is 0.240. The second-order valence-corrected chi connectivity index (χ2v) is 5.75. The molecule has 4 nitrogen and oxygen atoms in total. The van der Waals surface area contributed by atoms with Crippen LogP contribution in [0.4, 0.5) is 0 Å². The van der Waals surface area contributed by atoms with Crippen LogP contribution in [-0.2, 0) is 23.0 Å². The number of carbonyl (C=O) groups excluding carboxylic acids is 1. The fourth-order valence-corrected chi connectivity index (χ4v) is 2.98. The topological polar surface area (TPSA) is 51.5 Å². The predicted octanol–water partition coefficient (Wildman–Crippen LogP) is 3.57. The van der Waals surface area contributed by atoms with Crippen LogP contribution in [0.1, 0.15) is 11.1 Å². The quantitative estimate of drug-likeness (QED) is 0.752. The minimum atomic E-state index is -0.240. The number of hydrogen-bond acceptors (Lipinski definition) is 3. The van der Waals surface area contributed by atoms with Crippen molar-refractivity contribution in [1.82, 2.24) is 4.57 Å². The van der Waals surface area contributed by atoms with Gasteiger partial charge in [0, 0.05) is 24.1 Å². The lowest BCUT2D eigenvalue weighted by atomic mass is 9.98. The van der Waals surface area contributed by atoms with Crippen LogP contribution in [0.2, 0.25) is 0 Å². The lowest BCUT2D eigenvalue weighted by Crippen LogP contribution is -2.03. The summed E-state index contributed by atoms with van der Waals surface area (Å²) in [5.41, 5.74) is 5.21. The fraction of sp³-hybridized carbons (Fsp3) is 0.211. The van der Waals surface area contributed by atoms with Crippen LogP contribution in [0.25, 0.3) is 22.0 Å². The van der Waals surface area contributed by atoms with Crippen molar-refractivity contribution in [3.8, 4) is 16.9 Å². The van der Waals surface area contributed by atoms with Gasteiger partial charge in [0.05, 0.1) is 13.5 Å². The molecule has 0 atom stereocenters. The van der Waals surface area contributed by atoms with E-state index in [0.29, 0.717) is 0 Å². The van der Waals surface area contributed by atoms with Crippen LogP contribution in [0.3, 0.4) is 0 Å². The van der Waals surface area contributed by atoms with Crippen LogP contribution >= 0.6 is 0 Å². The van der Waals surface area contributed by atoms with E-state index in [4.69, 9.17) is 4.74 Å². The van der Waals surface area contributed by atoms with Gasteiger partial charge in [0.2, 0.25) is 0 Å². The molecular formula is C19H19NO3. The van der Waals surface area contributed by atoms with E-state index < -0.39 is 0 Å². The smallest absolute Gasteiger partial charge is 0.310 e. The highest BCUT2D eigenvalue weighted by atomic mass is 16.5. The first-order valence-corrected chi connectivity index (χ1v) is 7.44. The van der Waals surface area contributed by atoms with Crippen LogP contribution in [0.15, 0.2) is 42.6 Å². The number of aromatic nitrogens is 1. The Kier molecular flexibility index (Phi) is 3.82. The molecule has 3 aromatic rings. The molecule has 0 fully saturated rings. The van der Waals surface area contributed by atoms with E-state index >= 15 is 0 Å². The number of ether oxygens (including phenoxy) is 1. The molecule has 0 unspecified atom stereocenters. The van der Waals surface area contributed by atoms with E-state index in [1.807, 2.05) is 42.9 Å². The monoisotopic (exact) mass is 309 g/mol. The number of nitrogens with zero attached hydrogens (tertiary/aromatic N) is 1. The van der Waals surface area contributed by atoms with E-state index in [9.17, 15) is 9.90 Å². The fourth-order valence-electron chi connectivity index (χ4n) is 2.98. The second-order valence-electron chi connectivity index (χ2n) is 5.75. The molecule has 0 saturated heterocycles. The third kappa shape index (κ3) is 2.80. The Morgan fingerprint density at radius 3 is 2.70 bits per heavy atom. The Morgan fingerprint density at radius 1 is 1.22 bits per heavy atom. The average Bonchev–Trinajstić information content (AvgIpc) is 2.83. The van der Waals surface area contributed by atoms with Crippen molar-refractivity contribution in [2.75, 3.05) is 7.11 Å². The van der Waals surface area contributed by atoms with Gasteiger partial charge < -0.3 is 14.4 Å². The van der Waals surface area contributed by atoms with Gasteiger partial charge in [-0.15, -0.1) is 0 Å². The summed E-state index contributed by atoms with van der Waals surface area (Å²) in [4.78, 5) is 11.5. The maximum atomic E-state index is 11.5. The summed E-state index contributed by atoms with van der Waals surface area (Å²) in [5.74, 6) is 0.0301. The number of rotatable bonds is 3. The first-order valence-electron chi connectivity index (χ1n) is 7.44. The van der Waals surface area contributed by atoms with Gasteiger partial charge in [-0.3, -0.25) is 4.79 Å². The summed E-state index contributed by atoms with van der Waals surface area (Å²) in [6.45, 7) is 1.98. The summed E-state index contributed by atoms with van der Waals surface area (Å²) < 4.78 is 6.78. The summed E-state index contributed by atoms with van der Waals surface area (Å²) in [6.07, 6.45) is 2.24. The lowest BCUT2D eigenvalue weighted by molar-refractivity contribution is -0.139. The second kappa shape index (κ2) is 5.80. The molecular weight excluding hydrogens is 290 g/mol. The molecule has 118 valence electrons. The van der Waals surface area contributed by atoms with Gasteiger partial charge >= 0.3 is 5.97 Å². The number of phenolic OH excluding ortho intramolecular Hbond substituents is 1. The van der Waals surface area contributed by atoms with E-state index in [0.717, 1.165) is 33.2 Å². The molecule has 23 heavy (non-hydrogen) atoms. The predicted molar refractivity (Wildman–Crippen MR) is 90.5 cm³/mol. The van der Waals surface area contributed by atoms with Gasteiger partial charge in [-0.2, -0.15) is 0 Å². The first kappa shape index (κ1) is 15.2. The van der Waals surface area contributed by atoms with Crippen molar-refractivity contribution in [3.05, 3.63) is 53.7 Å². The SMILES string of the molecule is COC(=O)Cc1cn(C)c2cc(-c3ccc(O)cc3C)ccc12. The lowest BCUT2D eigenvalue weighted by Gasteiger charge is -2.08. The summed E-state index contributed by atoms with van der Waals surface area (Å²) in [6, 6.07) is 11.6. The standard InChI is InChI=1S/C19H19NO3/c1-12-8-15(21)5-7-16(12)13-4-6-17-14(10-19(22)23-3)11-20(2)18(17)9-13/h4-9,11,21H,10H2,1-3H3. The number of aryl methyl sites for hydroxylation is 2. The van der Waals surface area contributed by atoms with Gasteiger partial charge in [0.1, 0.15) is 5.75 Å². The van der Waals surface area contributed by atoms with Crippen LogP contribution in [0.5, 0.6) is 5.75 Å². The Bertz CT molecular complexity index is 893. The molecule has 1 aromatic heterocycles. The third-order valence-electron chi connectivity index (χ3n) is 4.16. The van der Waals surface area contributed by atoms with Gasteiger partial charge in [-0.05, 0) is 47.4 Å². The highest BCUT2D eigenvalue weighted by Crippen LogP contribution is 2.31. The molecule has 0 aliphatic heterocycles. The summed E-state index contributed by atoms with van der Waals surface area (Å²) >= 11 is 0. The molecule has 1 heterocycles. The van der Waals surface area contributed by atoms with E-state index in [2.05, 4.69) is 6.07 Å². The number of phenols is 1.